The summed E-state index contributed by atoms with van der Waals surface area (Å²) in [6, 6.07) is 16.4. The van der Waals surface area contributed by atoms with Crippen LogP contribution in [0.4, 0.5) is 5.69 Å². The Balaban J connectivity index is 1.96. The van der Waals surface area contributed by atoms with Crippen LogP contribution in [0.15, 0.2) is 53.4 Å². The minimum Gasteiger partial charge on any atom is -0.325 e. The molecule has 1 amide bonds. The van der Waals surface area contributed by atoms with Crippen LogP contribution in [0.2, 0.25) is 0 Å². The van der Waals surface area contributed by atoms with Crippen LogP contribution in [0, 0.1) is 6.92 Å². The van der Waals surface area contributed by atoms with Gasteiger partial charge in [-0.25, -0.2) is 0 Å². The standard InChI is InChI=1S/C20H25NOS/c1-14-6-12-18(13-7-14)23-15(2)19(22)21-17-10-8-16(9-11-17)20(3,4)5/h6-13,15H,1-5H3,(H,21,22)/t15-/m0/s1. The van der Waals surface area contributed by atoms with Gasteiger partial charge >= 0.3 is 0 Å². The lowest BCUT2D eigenvalue weighted by atomic mass is 9.87. The maximum absolute atomic E-state index is 12.3. The second-order valence-corrected chi connectivity index (χ2v) is 8.30. The summed E-state index contributed by atoms with van der Waals surface area (Å²) in [4.78, 5) is 13.4. The van der Waals surface area contributed by atoms with Gasteiger partial charge < -0.3 is 5.32 Å². The molecule has 1 atom stereocenters. The topological polar surface area (TPSA) is 29.1 Å². The first-order chi connectivity index (χ1) is 10.8. The maximum Gasteiger partial charge on any atom is 0.237 e. The van der Waals surface area contributed by atoms with Gasteiger partial charge in [0.25, 0.3) is 0 Å². The summed E-state index contributed by atoms with van der Waals surface area (Å²) < 4.78 is 0. The highest BCUT2D eigenvalue weighted by Gasteiger charge is 2.16. The number of carbonyl (C=O) groups excluding carboxylic acids is 1. The molecule has 0 aliphatic rings. The van der Waals surface area contributed by atoms with Gasteiger partial charge in [0.15, 0.2) is 0 Å². The van der Waals surface area contributed by atoms with Crippen LogP contribution in [0.3, 0.4) is 0 Å². The van der Waals surface area contributed by atoms with E-state index in [1.807, 2.05) is 19.1 Å². The molecule has 0 aliphatic heterocycles. The Labute approximate surface area is 143 Å². The lowest BCUT2D eigenvalue weighted by molar-refractivity contribution is -0.115. The van der Waals surface area contributed by atoms with E-state index in [0.717, 1.165) is 10.6 Å². The van der Waals surface area contributed by atoms with Crippen molar-refractivity contribution in [3.8, 4) is 0 Å². The van der Waals surface area contributed by atoms with Crippen molar-refractivity contribution in [2.75, 3.05) is 5.32 Å². The third-order valence-corrected chi connectivity index (χ3v) is 4.83. The molecule has 0 saturated heterocycles. The summed E-state index contributed by atoms with van der Waals surface area (Å²) in [6.45, 7) is 10.5. The van der Waals surface area contributed by atoms with E-state index >= 15 is 0 Å². The van der Waals surface area contributed by atoms with Gasteiger partial charge in [0.1, 0.15) is 0 Å². The zero-order valence-electron chi connectivity index (χ0n) is 14.5. The van der Waals surface area contributed by atoms with Crippen LogP contribution in [0.1, 0.15) is 38.8 Å². The van der Waals surface area contributed by atoms with Crippen molar-refractivity contribution in [2.45, 2.75) is 50.2 Å². The third kappa shape index (κ3) is 5.14. The minimum absolute atomic E-state index is 0.0269. The molecule has 2 nitrogen and oxygen atoms in total. The Bertz CT molecular complexity index is 654. The van der Waals surface area contributed by atoms with Gasteiger partial charge in [0, 0.05) is 10.6 Å². The number of aryl methyl sites for hydroxylation is 1. The highest BCUT2D eigenvalue weighted by molar-refractivity contribution is 8.00. The zero-order chi connectivity index (χ0) is 17.0. The molecular formula is C20H25NOS. The minimum atomic E-state index is -0.139. The predicted octanol–water partition coefficient (Wildman–Crippen LogP) is 5.41. The quantitative estimate of drug-likeness (QED) is 0.761. The molecule has 2 aromatic rings. The average molecular weight is 327 g/mol. The molecule has 122 valence electrons. The van der Waals surface area contributed by atoms with Gasteiger partial charge in [-0.15, -0.1) is 11.8 Å². The Kier molecular flexibility index (Phi) is 5.53. The molecular weight excluding hydrogens is 302 g/mol. The number of amides is 1. The maximum atomic E-state index is 12.3. The molecule has 0 radical (unpaired) electrons. The fourth-order valence-electron chi connectivity index (χ4n) is 2.17. The van der Waals surface area contributed by atoms with Crippen molar-refractivity contribution in [2.24, 2.45) is 0 Å². The zero-order valence-corrected chi connectivity index (χ0v) is 15.3. The van der Waals surface area contributed by atoms with Gasteiger partial charge in [-0.2, -0.15) is 0 Å². The summed E-state index contributed by atoms with van der Waals surface area (Å²) in [5.74, 6) is 0.0269. The van der Waals surface area contributed by atoms with Crippen molar-refractivity contribution in [3.63, 3.8) is 0 Å². The molecule has 0 saturated carbocycles. The molecule has 23 heavy (non-hydrogen) atoms. The Hall–Kier alpha value is -1.74. The Morgan fingerprint density at radius 3 is 2.09 bits per heavy atom. The van der Waals surface area contributed by atoms with E-state index < -0.39 is 0 Å². The molecule has 2 aromatic carbocycles. The summed E-state index contributed by atoms with van der Waals surface area (Å²) in [7, 11) is 0. The SMILES string of the molecule is Cc1ccc(S[C@@H](C)C(=O)Nc2ccc(C(C)(C)C)cc2)cc1. The van der Waals surface area contributed by atoms with Gasteiger partial charge in [-0.3, -0.25) is 4.79 Å². The van der Waals surface area contributed by atoms with Crippen molar-refractivity contribution >= 4 is 23.4 Å². The van der Waals surface area contributed by atoms with E-state index in [-0.39, 0.29) is 16.6 Å². The Morgan fingerprint density at radius 2 is 1.57 bits per heavy atom. The van der Waals surface area contributed by atoms with E-state index in [1.54, 1.807) is 11.8 Å². The monoisotopic (exact) mass is 327 g/mol. The summed E-state index contributed by atoms with van der Waals surface area (Å²) in [6.07, 6.45) is 0. The molecule has 1 N–H and O–H groups in total. The second kappa shape index (κ2) is 7.22. The van der Waals surface area contributed by atoms with E-state index in [0.29, 0.717) is 0 Å². The van der Waals surface area contributed by atoms with Crippen LogP contribution in [0.25, 0.3) is 0 Å². The number of carbonyl (C=O) groups is 1. The van der Waals surface area contributed by atoms with Crippen molar-refractivity contribution in [1.82, 2.24) is 0 Å². The van der Waals surface area contributed by atoms with Crippen molar-refractivity contribution in [1.29, 1.82) is 0 Å². The Morgan fingerprint density at radius 1 is 1.00 bits per heavy atom. The van der Waals surface area contributed by atoms with E-state index in [9.17, 15) is 4.79 Å². The fourth-order valence-corrected chi connectivity index (χ4v) is 3.04. The molecule has 0 bridgehead atoms. The predicted molar refractivity (Wildman–Crippen MR) is 100 cm³/mol. The van der Waals surface area contributed by atoms with Gasteiger partial charge in [0.05, 0.1) is 5.25 Å². The lowest BCUT2D eigenvalue weighted by Crippen LogP contribution is -2.22. The first kappa shape index (κ1) is 17.6. The number of thioether (sulfide) groups is 1. The molecule has 0 aromatic heterocycles. The third-order valence-electron chi connectivity index (χ3n) is 3.72. The van der Waals surface area contributed by atoms with Crippen LogP contribution in [-0.4, -0.2) is 11.2 Å². The summed E-state index contributed by atoms with van der Waals surface area (Å²) in [5.41, 5.74) is 3.46. The van der Waals surface area contributed by atoms with Crippen LogP contribution >= 0.6 is 11.8 Å². The number of hydrogen-bond donors (Lipinski definition) is 1. The molecule has 0 fully saturated rings. The normalized spacial score (nSPS) is 12.7. The van der Waals surface area contributed by atoms with Crippen LogP contribution in [-0.2, 0) is 10.2 Å². The van der Waals surface area contributed by atoms with Crippen molar-refractivity contribution < 1.29 is 4.79 Å². The highest BCUT2D eigenvalue weighted by atomic mass is 32.2. The first-order valence-electron chi connectivity index (χ1n) is 7.90. The summed E-state index contributed by atoms with van der Waals surface area (Å²) in [5, 5.41) is 2.85. The average Bonchev–Trinajstić information content (AvgIpc) is 2.49. The molecule has 3 heteroatoms. The fraction of sp³-hybridized carbons (Fsp3) is 0.350. The summed E-state index contributed by atoms with van der Waals surface area (Å²) >= 11 is 1.57. The van der Waals surface area contributed by atoms with Crippen LogP contribution < -0.4 is 5.32 Å². The highest BCUT2D eigenvalue weighted by Crippen LogP contribution is 2.26. The number of hydrogen-bond acceptors (Lipinski definition) is 2. The molecule has 2 rings (SSSR count). The van der Waals surface area contributed by atoms with E-state index in [1.165, 1.54) is 11.1 Å². The lowest BCUT2D eigenvalue weighted by Gasteiger charge is -2.19. The van der Waals surface area contributed by atoms with E-state index in [4.69, 9.17) is 0 Å². The molecule has 0 heterocycles. The second-order valence-electron chi connectivity index (χ2n) is 6.89. The van der Waals surface area contributed by atoms with Crippen molar-refractivity contribution in [3.05, 3.63) is 59.7 Å². The number of benzene rings is 2. The molecule has 0 spiro atoms. The first-order valence-corrected chi connectivity index (χ1v) is 8.78. The number of rotatable bonds is 4. The molecule has 0 unspecified atom stereocenters. The number of nitrogens with one attached hydrogen (secondary N) is 1. The van der Waals surface area contributed by atoms with Gasteiger partial charge in [-0.1, -0.05) is 50.6 Å². The van der Waals surface area contributed by atoms with Crippen LogP contribution in [0.5, 0.6) is 0 Å². The van der Waals surface area contributed by atoms with Gasteiger partial charge in [0.2, 0.25) is 5.91 Å². The smallest absolute Gasteiger partial charge is 0.237 e. The number of anilines is 1. The van der Waals surface area contributed by atoms with Gasteiger partial charge in [-0.05, 0) is 49.1 Å². The van der Waals surface area contributed by atoms with E-state index in [2.05, 4.69) is 69.4 Å². The molecule has 0 aliphatic carbocycles. The largest absolute Gasteiger partial charge is 0.325 e.